The van der Waals surface area contributed by atoms with Crippen LogP contribution in [-0.4, -0.2) is 0 Å². The molecule has 0 bridgehead atoms. The second-order valence-corrected chi connectivity index (χ2v) is 3.89. The lowest BCUT2D eigenvalue weighted by Gasteiger charge is -2.09. The van der Waals surface area contributed by atoms with Gasteiger partial charge in [-0.15, -0.1) is 0 Å². The number of hydrogen-bond acceptors (Lipinski definition) is 1. The summed E-state index contributed by atoms with van der Waals surface area (Å²) >= 11 is 5.85. The van der Waals surface area contributed by atoms with E-state index in [1.807, 2.05) is 0 Å². The van der Waals surface area contributed by atoms with Gasteiger partial charge in [0.1, 0.15) is 11.5 Å². The lowest BCUT2D eigenvalue weighted by Crippen LogP contribution is -2.03. The molecule has 0 spiro atoms. The van der Waals surface area contributed by atoms with Crippen LogP contribution in [0.25, 0.3) is 0 Å². The minimum Gasteiger partial charge on any atom is -0.456 e. The molecule has 0 aliphatic heterocycles. The normalized spacial score (nSPS) is 11.3. The first-order valence-corrected chi connectivity index (χ1v) is 5.35. The monoisotopic (exact) mass is 271 g/mol. The molecule has 2 aromatic carbocycles. The summed E-state index contributed by atoms with van der Waals surface area (Å²) in [4.78, 5) is 0. The molecule has 0 fully saturated rings. The summed E-state index contributed by atoms with van der Waals surface area (Å²) in [7, 11) is 0. The molecule has 93 valence electrons. The molecule has 0 saturated heterocycles. The summed E-state index contributed by atoms with van der Waals surface area (Å²) in [5, 5.41) is 0.369. The maximum Gasteiger partial charge on any atom is 0.416 e. The highest BCUT2D eigenvalue weighted by Crippen LogP contribution is 2.32. The Labute approximate surface area is 107 Å². The average Bonchev–Trinajstić information content (AvgIpc) is 2.32. The standard InChI is InChI=1S/C13H7ClF3O/c14-11-3-1-2-4-12(11)18-10-7-5-9(6-8-10)13(15,16)17/h1,3-8H. The van der Waals surface area contributed by atoms with Crippen molar-refractivity contribution in [3.05, 3.63) is 59.1 Å². The molecular formula is C13H7ClF3O. The molecule has 0 saturated carbocycles. The number of benzene rings is 2. The Hall–Kier alpha value is -1.68. The van der Waals surface area contributed by atoms with E-state index < -0.39 is 11.7 Å². The topological polar surface area (TPSA) is 9.23 Å². The lowest BCUT2D eigenvalue weighted by molar-refractivity contribution is -0.137. The average molecular weight is 272 g/mol. The molecule has 0 unspecified atom stereocenters. The van der Waals surface area contributed by atoms with E-state index in [9.17, 15) is 13.2 Å². The number of alkyl halides is 3. The van der Waals surface area contributed by atoms with E-state index in [2.05, 4.69) is 6.07 Å². The van der Waals surface area contributed by atoms with Gasteiger partial charge in [-0.05, 0) is 42.5 Å². The summed E-state index contributed by atoms with van der Waals surface area (Å²) in [6.07, 6.45) is -4.35. The smallest absolute Gasteiger partial charge is 0.416 e. The largest absolute Gasteiger partial charge is 0.456 e. The van der Waals surface area contributed by atoms with Gasteiger partial charge in [0.25, 0.3) is 0 Å². The third kappa shape index (κ3) is 2.96. The second kappa shape index (κ2) is 4.90. The predicted octanol–water partition coefficient (Wildman–Crippen LogP) is 4.95. The van der Waals surface area contributed by atoms with Gasteiger partial charge in [0, 0.05) is 0 Å². The first kappa shape index (κ1) is 12.8. The van der Waals surface area contributed by atoms with Crippen LogP contribution in [0.2, 0.25) is 5.02 Å². The SMILES string of the molecule is FC(F)(F)c1ccc(Oc2c[c]ccc2Cl)cc1. The van der Waals surface area contributed by atoms with Crippen LogP contribution in [0.15, 0.2) is 42.5 Å². The van der Waals surface area contributed by atoms with Gasteiger partial charge in [-0.2, -0.15) is 13.2 Å². The minimum absolute atomic E-state index is 0.282. The van der Waals surface area contributed by atoms with Gasteiger partial charge >= 0.3 is 6.18 Å². The minimum atomic E-state index is -4.35. The fourth-order valence-electron chi connectivity index (χ4n) is 1.31. The maximum atomic E-state index is 12.3. The summed E-state index contributed by atoms with van der Waals surface area (Å²) < 4.78 is 42.4. The van der Waals surface area contributed by atoms with Crippen LogP contribution in [0.1, 0.15) is 5.56 Å². The molecule has 0 heterocycles. The number of halogens is 4. The second-order valence-electron chi connectivity index (χ2n) is 3.48. The molecule has 18 heavy (non-hydrogen) atoms. The Morgan fingerprint density at radius 1 is 1.06 bits per heavy atom. The quantitative estimate of drug-likeness (QED) is 0.751. The molecule has 1 radical (unpaired) electrons. The summed E-state index contributed by atoms with van der Waals surface area (Å²) in [5.41, 5.74) is -0.722. The fourth-order valence-corrected chi connectivity index (χ4v) is 1.47. The number of ether oxygens (including phenoxy) is 1. The molecule has 5 heteroatoms. The van der Waals surface area contributed by atoms with Gasteiger partial charge in [-0.25, -0.2) is 0 Å². The van der Waals surface area contributed by atoms with Crippen LogP contribution in [0.3, 0.4) is 0 Å². The molecule has 1 nitrogen and oxygen atoms in total. The number of hydrogen-bond donors (Lipinski definition) is 0. The van der Waals surface area contributed by atoms with Gasteiger partial charge in [0.05, 0.1) is 10.6 Å². The van der Waals surface area contributed by atoms with Crippen molar-refractivity contribution in [3.63, 3.8) is 0 Å². The Kier molecular flexibility index (Phi) is 3.48. The highest BCUT2D eigenvalue weighted by Gasteiger charge is 2.30. The predicted molar refractivity (Wildman–Crippen MR) is 61.8 cm³/mol. The van der Waals surface area contributed by atoms with Crippen LogP contribution in [0.4, 0.5) is 13.2 Å². The lowest BCUT2D eigenvalue weighted by atomic mass is 10.2. The van der Waals surface area contributed by atoms with Crippen LogP contribution in [0.5, 0.6) is 11.5 Å². The molecule has 0 atom stereocenters. The number of rotatable bonds is 2. The Morgan fingerprint density at radius 2 is 1.72 bits per heavy atom. The zero-order chi connectivity index (χ0) is 13.2. The van der Waals surface area contributed by atoms with E-state index in [-0.39, 0.29) is 5.75 Å². The van der Waals surface area contributed by atoms with E-state index in [1.165, 1.54) is 18.2 Å². The third-order valence-electron chi connectivity index (χ3n) is 2.19. The molecule has 0 aliphatic rings. The van der Waals surface area contributed by atoms with E-state index in [0.717, 1.165) is 12.1 Å². The van der Waals surface area contributed by atoms with Crippen molar-refractivity contribution in [1.82, 2.24) is 0 Å². The van der Waals surface area contributed by atoms with Crippen LogP contribution < -0.4 is 4.74 Å². The molecule has 0 aliphatic carbocycles. The molecule has 0 amide bonds. The molecule has 2 rings (SSSR count). The van der Waals surface area contributed by atoms with E-state index in [4.69, 9.17) is 16.3 Å². The first-order valence-electron chi connectivity index (χ1n) is 4.97. The van der Waals surface area contributed by atoms with Crippen molar-refractivity contribution in [2.75, 3.05) is 0 Å². The zero-order valence-electron chi connectivity index (χ0n) is 8.96. The fraction of sp³-hybridized carbons (Fsp3) is 0.0769. The Balaban J connectivity index is 2.19. The molecular weight excluding hydrogens is 265 g/mol. The van der Waals surface area contributed by atoms with Crippen LogP contribution in [0, 0.1) is 6.07 Å². The van der Waals surface area contributed by atoms with Crippen LogP contribution >= 0.6 is 11.6 Å². The zero-order valence-corrected chi connectivity index (χ0v) is 9.72. The van der Waals surface area contributed by atoms with Crippen molar-refractivity contribution in [3.8, 4) is 11.5 Å². The van der Waals surface area contributed by atoms with E-state index >= 15 is 0 Å². The van der Waals surface area contributed by atoms with Crippen molar-refractivity contribution < 1.29 is 17.9 Å². The summed E-state index contributed by atoms with van der Waals surface area (Å²) in [6.45, 7) is 0. The maximum absolute atomic E-state index is 12.3. The van der Waals surface area contributed by atoms with Gasteiger partial charge in [0.2, 0.25) is 0 Å². The Morgan fingerprint density at radius 3 is 2.28 bits per heavy atom. The van der Waals surface area contributed by atoms with Gasteiger partial charge < -0.3 is 4.74 Å². The molecule has 0 N–H and O–H groups in total. The molecule has 2 aromatic rings. The van der Waals surface area contributed by atoms with Crippen molar-refractivity contribution in [2.45, 2.75) is 6.18 Å². The van der Waals surface area contributed by atoms with E-state index in [0.29, 0.717) is 10.8 Å². The third-order valence-corrected chi connectivity index (χ3v) is 2.50. The van der Waals surface area contributed by atoms with Crippen molar-refractivity contribution in [1.29, 1.82) is 0 Å². The van der Waals surface area contributed by atoms with Gasteiger partial charge in [-0.1, -0.05) is 17.7 Å². The van der Waals surface area contributed by atoms with Gasteiger partial charge in [0.15, 0.2) is 0 Å². The highest BCUT2D eigenvalue weighted by molar-refractivity contribution is 6.32. The van der Waals surface area contributed by atoms with Gasteiger partial charge in [-0.3, -0.25) is 0 Å². The summed E-state index contributed by atoms with van der Waals surface area (Å²) in [5.74, 6) is 0.628. The Bertz CT molecular complexity index is 535. The van der Waals surface area contributed by atoms with Crippen molar-refractivity contribution in [2.24, 2.45) is 0 Å². The molecule has 0 aromatic heterocycles. The van der Waals surface area contributed by atoms with Crippen molar-refractivity contribution >= 4 is 11.6 Å². The highest BCUT2D eigenvalue weighted by atomic mass is 35.5. The first-order chi connectivity index (χ1) is 8.47. The van der Waals surface area contributed by atoms with E-state index in [1.54, 1.807) is 12.1 Å². The van der Waals surface area contributed by atoms with Crippen LogP contribution in [-0.2, 0) is 6.18 Å². The summed E-state index contributed by atoms with van der Waals surface area (Å²) in [6, 6.07) is 11.9.